The fourth-order valence-corrected chi connectivity index (χ4v) is 4.35. The van der Waals surface area contributed by atoms with E-state index >= 15 is 0 Å². The van der Waals surface area contributed by atoms with Gasteiger partial charge in [0.05, 0.1) is 12.1 Å². The van der Waals surface area contributed by atoms with Crippen molar-refractivity contribution in [3.8, 4) is 0 Å². The van der Waals surface area contributed by atoms with Crippen molar-refractivity contribution < 1.29 is 18.4 Å². The molecule has 3 heterocycles. The summed E-state index contributed by atoms with van der Waals surface area (Å²) >= 11 is 0. The Labute approximate surface area is 180 Å². The molecule has 2 aromatic rings. The topological polar surface area (TPSA) is 71.3 Å². The van der Waals surface area contributed by atoms with E-state index in [4.69, 9.17) is 0 Å². The fraction of sp³-hybridized carbons (Fsp3) is 0.545. The zero-order valence-corrected chi connectivity index (χ0v) is 17.9. The zero-order chi connectivity index (χ0) is 22.1. The predicted octanol–water partition coefficient (Wildman–Crippen LogP) is 2.96. The molecule has 9 heteroatoms. The zero-order valence-electron chi connectivity index (χ0n) is 17.9. The van der Waals surface area contributed by atoms with Crippen molar-refractivity contribution in [2.45, 2.75) is 52.1 Å². The second-order valence-electron chi connectivity index (χ2n) is 8.73. The number of likely N-dealkylation sites (tertiary alicyclic amines) is 1. The van der Waals surface area contributed by atoms with Gasteiger partial charge in [-0.1, -0.05) is 13.8 Å². The van der Waals surface area contributed by atoms with Gasteiger partial charge in [0.1, 0.15) is 17.5 Å². The van der Waals surface area contributed by atoms with Gasteiger partial charge >= 0.3 is 0 Å². The van der Waals surface area contributed by atoms with Gasteiger partial charge in [0.25, 0.3) is 5.91 Å². The molecule has 0 radical (unpaired) electrons. The highest BCUT2D eigenvalue weighted by Crippen LogP contribution is 2.29. The predicted molar refractivity (Wildman–Crippen MR) is 109 cm³/mol. The fourth-order valence-electron chi connectivity index (χ4n) is 4.35. The summed E-state index contributed by atoms with van der Waals surface area (Å²) in [5.41, 5.74) is -0.272. The van der Waals surface area contributed by atoms with Gasteiger partial charge in [-0.2, -0.15) is 0 Å². The number of aromatic nitrogens is 3. The standard InChI is InChI=1S/C22H27F2N5O2/c1-14(2)11-20(30)27-7-5-15(6-8-27)21-26-25-19-13-28(9-10-29(19)21)22(31)17-12-16(23)3-4-18(17)24/h3-4,12,14-15H,5-11,13H2,1-2H3. The van der Waals surface area contributed by atoms with Crippen molar-refractivity contribution in [1.29, 1.82) is 0 Å². The second kappa shape index (κ2) is 8.72. The van der Waals surface area contributed by atoms with Crippen molar-refractivity contribution in [2.24, 2.45) is 5.92 Å². The van der Waals surface area contributed by atoms with Crippen molar-refractivity contribution in [3.05, 3.63) is 47.0 Å². The highest BCUT2D eigenvalue weighted by atomic mass is 19.1. The maximum atomic E-state index is 14.0. The number of halogens is 2. The van der Waals surface area contributed by atoms with Gasteiger partial charge in [0, 0.05) is 38.5 Å². The van der Waals surface area contributed by atoms with Crippen LogP contribution < -0.4 is 0 Å². The summed E-state index contributed by atoms with van der Waals surface area (Å²) in [4.78, 5) is 28.4. The Hall–Kier alpha value is -2.84. The lowest BCUT2D eigenvalue weighted by molar-refractivity contribution is -0.133. The number of carbonyl (C=O) groups is 2. The summed E-state index contributed by atoms with van der Waals surface area (Å²) in [7, 11) is 0. The van der Waals surface area contributed by atoms with Crippen LogP contribution in [-0.4, -0.2) is 56.0 Å². The molecule has 0 saturated carbocycles. The van der Waals surface area contributed by atoms with Crippen LogP contribution >= 0.6 is 0 Å². The van der Waals surface area contributed by atoms with Crippen molar-refractivity contribution in [2.75, 3.05) is 19.6 Å². The minimum absolute atomic E-state index is 0.202. The molecule has 1 saturated heterocycles. The van der Waals surface area contributed by atoms with Gasteiger partial charge in [-0.05, 0) is 37.0 Å². The average molecular weight is 431 g/mol. The Kier molecular flexibility index (Phi) is 6.02. The molecule has 2 amide bonds. The number of amides is 2. The molecule has 2 aliphatic heterocycles. The quantitative estimate of drug-likeness (QED) is 0.746. The van der Waals surface area contributed by atoms with Gasteiger partial charge in [-0.25, -0.2) is 8.78 Å². The molecular weight excluding hydrogens is 404 g/mol. The van der Waals surface area contributed by atoms with E-state index in [-0.39, 0.29) is 23.9 Å². The van der Waals surface area contributed by atoms with Crippen LogP contribution in [0.5, 0.6) is 0 Å². The molecule has 1 aromatic heterocycles. The molecule has 0 atom stereocenters. The van der Waals surface area contributed by atoms with Gasteiger partial charge in [0.2, 0.25) is 5.91 Å². The number of hydrogen-bond acceptors (Lipinski definition) is 4. The average Bonchev–Trinajstić information content (AvgIpc) is 3.18. The molecule has 0 unspecified atom stereocenters. The summed E-state index contributed by atoms with van der Waals surface area (Å²) in [6.45, 7) is 6.59. The third kappa shape index (κ3) is 4.45. The molecule has 1 aromatic carbocycles. The third-order valence-electron chi connectivity index (χ3n) is 6.02. The lowest BCUT2D eigenvalue weighted by Gasteiger charge is -2.33. The molecule has 1 fully saturated rings. The molecule has 31 heavy (non-hydrogen) atoms. The van der Waals surface area contributed by atoms with Crippen LogP contribution in [0.1, 0.15) is 61.0 Å². The molecule has 0 bridgehead atoms. The van der Waals surface area contributed by atoms with Gasteiger partial charge in [-0.3, -0.25) is 9.59 Å². The largest absolute Gasteiger partial charge is 0.343 e. The van der Waals surface area contributed by atoms with Crippen LogP contribution in [0.3, 0.4) is 0 Å². The van der Waals surface area contributed by atoms with E-state index in [1.165, 1.54) is 4.90 Å². The molecule has 4 rings (SSSR count). The second-order valence-corrected chi connectivity index (χ2v) is 8.73. The Morgan fingerprint density at radius 1 is 1.06 bits per heavy atom. The van der Waals surface area contributed by atoms with Crippen molar-refractivity contribution >= 4 is 11.8 Å². The normalized spacial score (nSPS) is 17.2. The number of rotatable bonds is 4. The molecule has 166 valence electrons. The highest BCUT2D eigenvalue weighted by Gasteiger charge is 2.31. The first-order chi connectivity index (χ1) is 14.8. The SMILES string of the molecule is CC(C)CC(=O)N1CCC(c2nnc3n2CCN(C(=O)c2cc(F)ccc2F)C3)CC1. The Bertz CT molecular complexity index is 982. The van der Waals surface area contributed by atoms with Crippen LogP contribution in [0.2, 0.25) is 0 Å². The number of nitrogens with zero attached hydrogens (tertiary/aromatic N) is 5. The van der Waals surface area contributed by atoms with Crippen LogP contribution in [0.15, 0.2) is 18.2 Å². The molecule has 7 nitrogen and oxygen atoms in total. The highest BCUT2D eigenvalue weighted by molar-refractivity contribution is 5.94. The van der Waals surface area contributed by atoms with Gasteiger partial charge in [-0.15, -0.1) is 10.2 Å². The Balaban J connectivity index is 1.41. The molecular formula is C22H27F2N5O2. The van der Waals surface area contributed by atoms with Gasteiger partial charge in [0.15, 0.2) is 5.82 Å². The van der Waals surface area contributed by atoms with Crippen LogP contribution in [-0.2, 0) is 17.9 Å². The maximum Gasteiger partial charge on any atom is 0.257 e. The van der Waals surface area contributed by atoms with E-state index in [2.05, 4.69) is 10.2 Å². The van der Waals surface area contributed by atoms with Crippen molar-refractivity contribution in [3.63, 3.8) is 0 Å². The summed E-state index contributed by atoms with van der Waals surface area (Å²) in [5.74, 6) is 0.357. The lowest BCUT2D eigenvalue weighted by atomic mass is 9.95. The molecule has 2 aliphatic rings. The summed E-state index contributed by atoms with van der Waals surface area (Å²) in [6.07, 6.45) is 2.24. The molecule has 0 N–H and O–H groups in total. The van der Waals surface area contributed by atoms with E-state index in [1.807, 2.05) is 23.3 Å². The Morgan fingerprint density at radius 2 is 1.81 bits per heavy atom. The first kappa shape index (κ1) is 21.4. The lowest BCUT2D eigenvalue weighted by Crippen LogP contribution is -2.41. The molecule has 0 aliphatic carbocycles. The number of fused-ring (bicyclic) bond motifs is 1. The first-order valence-electron chi connectivity index (χ1n) is 10.8. The number of benzene rings is 1. The third-order valence-corrected chi connectivity index (χ3v) is 6.02. The minimum Gasteiger partial charge on any atom is -0.343 e. The number of hydrogen-bond donors (Lipinski definition) is 0. The van der Waals surface area contributed by atoms with E-state index in [9.17, 15) is 18.4 Å². The van der Waals surface area contributed by atoms with E-state index in [0.29, 0.717) is 44.3 Å². The van der Waals surface area contributed by atoms with Gasteiger partial charge < -0.3 is 14.4 Å². The summed E-state index contributed by atoms with van der Waals surface area (Å²) in [6, 6.07) is 2.88. The smallest absolute Gasteiger partial charge is 0.257 e. The first-order valence-corrected chi connectivity index (χ1v) is 10.8. The number of carbonyl (C=O) groups excluding carboxylic acids is 2. The number of piperidine rings is 1. The van der Waals surface area contributed by atoms with Crippen molar-refractivity contribution in [1.82, 2.24) is 24.6 Å². The van der Waals surface area contributed by atoms with Crippen LogP contribution in [0.4, 0.5) is 8.78 Å². The Morgan fingerprint density at radius 3 is 2.52 bits per heavy atom. The van der Waals surface area contributed by atoms with E-state index < -0.39 is 17.5 Å². The van der Waals surface area contributed by atoms with E-state index in [1.54, 1.807) is 0 Å². The molecule has 0 spiro atoms. The minimum atomic E-state index is -0.738. The van der Waals surface area contributed by atoms with Crippen LogP contribution in [0, 0.1) is 17.6 Å². The van der Waals surface area contributed by atoms with E-state index in [0.717, 1.165) is 36.9 Å². The summed E-state index contributed by atoms with van der Waals surface area (Å²) < 4.78 is 29.5. The monoisotopic (exact) mass is 431 g/mol. The maximum absolute atomic E-state index is 14.0. The summed E-state index contributed by atoms with van der Waals surface area (Å²) in [5, 5.41) is 8.64. The van der Waals surface area contributed by atoms with Crippen LogP contribution in [0.25, 0.3) is 0 Å².